The number of sulfone groups is 2. The number of nitrogens with zero attached hydrogens (tertiary/aromatic N) is 1. The van der Waals surface area contributed by atoms with Crippen molar-refractivity contribution < 1.29 is 16.8 Å². The van der Waals surface area contributed by atoms with Crippen molar-refractivity contribution in [1.82, 2.24) is 4.98 Å². The summed E-state index contributed by atoms with van der Waals surface area (Å²) in [6.45, 7) is 0.123. The number of rotatable bonds is 5. The van der Waals surface area contributed by atoms with Crippen molar-refractivity contribution in [2.75, 3.05) is 30.1 Å². The molecule has 0 radical (unpaired) electrons. The van der Waals surface area contributed by atoms with Crippen molar-refractivity contribution >= 4 is 25.5 Å². The zero-order valence-electron chi connectivity index (χ0n) is 9.54. The largest absolute Gasteiger partial charge is 0.368 e. The Bertz CT molecular complexity index is 593. The fraction of sp³-hybridized carbons (Fsp3) is 0.444. The van der Waals surface area contributed by atoms with Gasteiger partial charge >= 0.3 is 0 Å². The first-order valence-electron chi connectivity index (χ1n) is 4.77. The molecule has 1 aromatic heterocycles. The molecular weight excluding hydrogens is 264 g/mol. The van der Waals surface area contributed by atoms with Crippen LogP contribution in [0.4, 0.5) is 5.82 Å². The number of nitrogens with one attached hydrogen (secondary N) is 1. The highest BCUT2D eigenvalue weighted by molar-refractivity contribution is 7.91. The SMILES string of the molecule is CS(=O)(=O)CCNc1ncccc1S(C)(=O)=O. The molecule has 17 heavy (non-hydrogen) atoms. The molecule has 0 aromatic carbocycles. The quantitative estimate of drug-likeness (QED) is 0.811. The average Bonchev–Trinajstić information content (AvgIpc) is 2.15. The average molecular weight is 278 g/mol. The second kappa shape index (κ2) is 5.01. The molecule has 96 valence electrons. The van der Waals surface area contributed by atoms with Crippen LogP contribution < -0.4 is 5.32 Å². The molecule has 0 saturated heterocycles. The number of anilines is 1. The van der Waals surface area contributed by atoms with Gasteiger partial charge in [-0.3, -0.25) is 0 Å². The molecular formula is C9H14N2O4S2. The molecule has 0 fully saturated rings. The highest BCUT2D eigenvalue weighted by Gasteiger charge is 2.13. The molecule has 0 aliphatic heterocycles. The Balaban J connectivity index is 2.86. The first-order chi connectivity index (χ1) is 7.70. The minimum Gasteiger partial charge on any atom is -0.368 e. The summed E-state index contributed by atoms with van der Waals surface area (Å²) in [4.78, 5) is 3.94. The van der Waals surface area contributed by atoms with Crippen LogP contribution >= 0.6 is 0 Å². The number of pyridine rings is 1. The van der Waals surface area contributed by atoms with E-state index in [1.165, 1.54) is 18.3 Å². The van der Waals surface area contributed by atoms with E-state index in [0.29, 0.717) is 0 Å². The maximum atomic E-state index is 11.4. The van der Waals surface area contributed by atoms with Crippen LogP contribution in [0.25, 0.3) is 0 Å². The molecule has 8 heteroatoms. The zero-order valence-corrected chi connectivity index (χ0v) is 11.2. The van der Waals surface area contributed by atoms with E-state index in [4.69, 9.17) is 0 Å². The summed E-state index contributed by atoms with van der Waals surface area (Å²) < 4.78 is 44.7. The summed E-state index contributed by atoms with van der Waals surface area (Å²) in [6.07, 6.45) is 3.63. The Labute approximate surface area is 101 Å². The zero-order chi connectivity index (χ0) is 13.1. The van der Waals surface area contributed by atoms with E-state index in [0.717, 1.165) is 12.5 Å². The Morgan fingerprint density at radius 3 is 2.41 bits per heavy atom. The maximum absolute atomic E-state index is 11.4. The van der Waals surface area contributed by atoms with Gasteiger partial charge in [-0.1, -0.05) is 0 Å². The van der Waals surface area contributed by atoms with Crippen LogP contribution in [0.1, 0.15) is 0 Å². The third kappa shape index (κ3) is 4.70. The van der Waals surface area contributed by atoms with Crippen LogP contribution in [-0.2, 0) is 19.7 Å². The van der Waals surface area contributed by atoms with Gasteiger partial charge in [-0.2, -0.15) is 0 Å². The van der Waals surface area contributed by atoms with E-state index < -0.39 is 19.7 Å². The summed E-state index contributed by atoms with van der Waals surface area (Å²) in [5.41, 5.74) is 0. The first-order valence-corrected chi connectivity index (χ1v) is 8.72. The van der Waals surface area contributed by atoms with Gasteiger partial charge in [0.05, 0.1) is 5.75 Å². The Hall–Kier alpha value is -1.15. The highest BCUT2D eigenvalue weighted by Crippen LogP contribution is 2.17. The second-order valence-electron chi connectivity index (χ2n) is 3.68. The molecule has 0 aliphatic rings. The number of hydrogen-bond acceptors (Lipinski definition) is 6. The predicted octanol–water partition coefficient (Wildman–Crippen LogP) is -0.0584. The second-order valence-corrected chi connectivity index (χ2v) is 7.92. The Kier molecular flexibility index (Phi) is 4.10. The van der Waals surface area contributed by atoms with Gasteiger partial charge in [-0.15, -0.1) is 0 Å². The molecule has 0 amide bonds. The van der Waals surface area contributed by atoms with Crippen LogP contribution in [0.3, 0.4) is 0 Å². The molecule has 0 unspecified atom stereocenters. The smallest absolute Gasteiger partial charge is 0.179 e. The van der Waals surface area contributed by atoms with E-state index in [1.54, 1.807) is 0 Å². The molecule has 0 atom stereocenters. The van der Waals surface area contributed by atoms with Gasteiger partial charge in [0.15, 0.2) is 9.84 Å². The topological polar surface area (TPSA) is 93.2 Å². The lowest BCUT2D eigenvalue weighted by Crippen LogP contribution is -2.16. The number of aromatic nitrogens is 1. The standard InChI is InChI=1S/C9H14N2O4S2/c1-16(12,13)7-6-11-9-8(17(2,14)15)4-3-5-10-9/h3-5H,6-7H2,1-2H3,(H,10,11). The fourth-order valence-corrected chi connectivity index (χ4v) is 2.45. The van der Waals surface area contributed by atoms with Crippen molar-refractivity contribution in [1.29, 1.82) is 0 Å². The summed E-state index contributed by atoms with van der Waals surface area (Å²) in [5, 5.41) is 2.71. The van der Waals surface area contributed by atoms with Crippen molar-refractivity contribution in [3.63, 3.8) is 0 Å². The molecule has 1 aromatic rings. The maximum Gasteiger partial charge on any atom is 0.179 e. The van der Waals surface area contributed by atoms with Gasteiger partial charge in [0.2, 0.25) is 0 Å². The predicted molar refractivity (Wildman–Crippen MR) is 65.5 cm³/mol. The third-order valence-electron chi connectivity index (χ3n) is 1.94. The number of hydrogen-bond donors (Lipinski definition) is 1. The van der Waals surface area contributed by atoms with E-state index in [9.17, 15) is 16.8 Å². The molecule has 0 saturated carbocycles. The van der Waals surface area contributed by atoms with Crippen LogP contribution in [0.2, 0.25) is 0 Å². The van der Waals surface area contributed by atoms with Crippen molar-refractivity contribution in [2.45, 2.75) is 4.90 Å². The van der Waals surface area contributed by atoms with Gasteiger partial charge in [0.1, 0.15) is 20.6 Å². The Morgan fingerprint density at radius 1 is 1.24 bits per heavy atom. The van der Waals surface area contributed by atoms with Crippen LogP contribution in [-0.4, -0.2) is 46.6 Å². The minimum absolute atomic E-state index is 0.0634. The Morgan fingerprint density at radius 2 is 1.88 bits per heavy atom. The summed E-state index contributed by atoms with van der Waals surface area (Å²) in [6, 6.07) is 2.93. The van der Waals surface area contributed by atoms with Crippen molar-refractivity contribution in [3.05, 3.63) is 18.3 Å². The first kappa shape index (κ1) is 13.9. The molecule has 0 bridgehead atoms. The lowest BCUT2D eigenvalue weighted by molar-refractivity contribution is 0.601. The van der Waals surface area contributed by atoms with Crippen LogP contribution in [0.5, 0.6) is 0 Å². The third-order valence-corrected chi connectivity index (χ3v) is 4.01. The monoisotopic (exact) mass is 278 g/mol. The summed E-state index contributed by atoms with van der Waals surface area (Å²) in [7, 11) is -6.46. The van der Waals surface area contributed by atoms with Gasteiger partial charge in [0, 0.05) is 25.3 Å². The van der Waals surface area contributed by atoms with Crippen molar-refractivity contribution in [3.8, 4) is 0 Å². The van der Waals surface area contributed by atoms with Crippen molar-refractivity contribution in [2.24, 2.45) is 0 Å². The van der Waals surface area contributed by atoms with Gasteiger partial charge in [0.25, 0.3) is 0 Å². The highest BCUT2D eigenvalue weighted by atomic mass is 32.2. The molecule has 1 N–H and O–H groups in total. The normalized spacial score (nSPS) is 12.4. The van der Waals surface area contributed by atoms with Gasteiger partial charge < -0.3 is 5.32 Å². The summed E-state index contributed by atoms with van der Waals surface area (Å²) in [5.74, 6) is 0.103. The van der Waals surface area contributed by atoms with E-state index in [1.807, 2.05) is 0 Å². The summed E-state index contributed by atoms with van der Waals surface area (Å²) >= 11 is 0. The van der Waals surface area contributed by atoms with Crippen LogP contribution in [0.15, 0.2) is 23.2 Å². The van der Waals surface area contributed by atoms with Gasteiger partial charge in [-0.25, -0.2) is 21.8 Å². The van der Waals surface area contributed by atoms with Crippen LogP contribution in [0, 0.1) is 0 Å². The molecule has 0 spiro atoms. The van der Waals surface area contributed by atoms with E-state index >= 15 is 0 Å². The van der Waals surface area contributed by atoms with E-state index in [2.05, 4.69) is 10.3 Å². The van der Waals surface area contributed by atoms with E-state index in [-0.39, 0.29) is 23.0 Å². The molecule has 6 nitrogen and oxygen atoms in total. The lowest BCUT2D eigenvalue weighted by Gasteiger charge is -2.08. The fourth-order valence-electron chi connectivity index (χ4n) is 1.18. The lowest BCUT2D eigenvalue weighted by atomic mass is 10.4. The molecule has 0 aliphatic carbocycles. The molecule has 1 heterocycles. The minimum atomic E-state index is -3.37. The molecule has 1 rings (SSSR count). The van der Waals surface area contributed by atoms with Gasteiger partial charge in [-0.05, 0) is 12.1 Å².